The van der Waals surface area contributed by atoms with E-state index in [2.05, 4.69) is 18.8 Å². The van der Waals surface area contributed by atoms with Crippen LogP contribution in [-0.4, -0.2) is 17.6 Å². The van der Waals surface area contributed by atoms with E-state index in [0.717, 1.165) is 24.1 Å². The fourth-order valence-electron chi connectivity index (χ4n) is 1.89. The van der Waals surface area contributed by atoms with Gasteiger partial charge in [0.25, 0.3) is 0 Å². The van der Waals surface area contributed by atoms with Gasteiger partial charge in [-0.05, 0) is 37.0 Å². The second kappa shape index (κ2) is 9.29. The third-order valence-electron chi connectivity index (χ3n) is 3.35. The number of aromatic nitrogens is 1. The minimum Gasteiger partial charge on any atom is -0.462 e. The van der Waals surface area contributed by atoms with E-state index in [-0.39, 0.29) is 5.97 Å². The van der Waals surface area contributed by atoms with E-state index in [9.17, 15) is 4.79 Å². The normalized spacial score (nSPS) is 12.6. The minimum atomic E-state index is -0.277. The van der Waals surface area contributed by atoms with E-state index in [4.69, 9.17) is 4.74 Å². The molecular formula is C17H25NO2. The summed E-state index contributed by atoms with van der Waals surface area (Å²) < 4.78 is 5.29. The zero-order valence-corrected chi connectivity index (χ0v) is 12.8. The standard InChI is InChI=1S/C17H25NO2/c1-4-6-7-15(5-2)13-20-17(19)11-10-16-9-8-14(3)18-12-16/h8-12,15H,4-7,13H2,1-3H3/b11-10+. The van der Waals surface area contributed by atoms with Crippen LogP contribution in [0.3, 0.4) is 0 Å². The number of rotatable bonds is 8. The van der Waals surface area contributed by atoms with Crippen LogP contribution in [0.5, 0.6) is 0 Å². The summed E-state index contributed by atoms with van der Waals surface area (Å²) >= 11 is 0. The predicted octanol–water partition coefficient (Wildman–Crippen LogP) is 4.16. The maximum absolute atomic E-state index is 11.6. The number of hydrogen-bond acceptors (Lipinski definition) is 3. The van der Waals surface area contributed by atoms with Crippen molar-refractivity contribution in [2.45, 2.75) is 46.5 Å². The molecule has 0 aliphatic rings. The second-order valence-electron chi connectivity index (χ2n) is 5.11. The Morgan fingerprint density at radius 3 is 2.80 bits per heavy atom. The molecule has 3 heteroatoms. The predicted molar refractivity (Wildman–Crippen MR) is 82.3 cm³/mol. The van der Waals surface area contributed by atoms with Crippen molar-refractivity contribution < 1.29 is 9.53 Å². The SMILES string of the molecule is CCCCC(CC)COC(=O)/C=C/c1ccc(C)nc1. The number of unbranched alkanes of at least 4 members (excludes halogenated alkanes) is 1. The van der Waals surface area contributed by atoms with E-state index in [1.54, 1.807) is 12.3 Å². The summed E-state index contributed by atoms with van der Waals surface area (Å²) in [4.78, 5) is 15.8. The first kappa shape index (κ1) is 16.4. The molecule has 1 atom stereocenters. The highest BCUT2D eigenvalue weighted by atomic mass is 16.5. The van der Waals surface area contributed by atoms with Crippen molar-refractivity contribution in [2.75, 3.05) is 6.61 Å². The van der Waals surface area contributed by atoms with Crippen LogP contribution >= 0.6 is 0 Å². The molecule has 20 heavy (non-hydrogen) atoms. The van der Waals surface area contributed by atoms with Crippen LogP contribution in [0.4, 0.5) is 0 Å². The van der Waals surface area contributed by atoms with Crippen LogP contribution in [0.15, 0.2) is 24.4 Å². The molecular weight excluding hydrogens is 250 g/mol. The zero-order chi connectivity index (χ0) is 14.8. The molecule has 1 aromatic heterocycles. The number of esters is 1. The summed E-state index contributed by atoms with van der Waals surface area (Å²) in [5.41, 5.74) is 1.87. The lowest BCUT2D eigenvalue weighted by molar-refractivity contribution is -0.139. The van der Waals surface area contributed by atoms with E-state index in [1.165, 1.54) is 18.9 Å². The Bertz CT molecular complexity index is 423. The van der Waals surface area contributed by atoms with Gasteiger partial charge in [0.15, 0.2) is 0 Å². The highest BCUT2D eigenvalue weighted by Gasteiger charge is 2.08. The summed E-state index contributed by atoms with van der Waals surface area (Å²) in [5.74, 6) is 0.203. The summed E-state index contributed by atoms with van der Waals surface area (Å²) in [5, 5.41) is 0. The van der Waals surface area contributed by atoms with Crippen molar-refractivity contribution in [3.63, 3.8) is 0 Å². The van der Waals surface area contributed by atoms with E-state index < -0.39 is 0 Å². The Balaban J connectivity index is 2.37. The topological polar surface area (TPSA) is 39.2 Å². The molecule has 1 aromatic rings. The van der Waals surface area contributed by atoms with Gasteiger partial charge >= 0.3 is 5.97 Å². The van der Waals surface area contributed by atoms with Crippen LogP contribution < -0.4 is 0 Å². The molecule has 0 saturated heterocycles. The molecule has 0 N–H and O–H groups in total. The molecule has 1 heterocycles. The summed E-state index contributed by atoms with van der Waals surface area (Å²) in [6, 6.07) is 3.85. The monoisotopic (exact) mass is 275 g/mol. The van der Waals surface area contributed by atoms with Gasteiger partial charge in [0.05, 0.1) is 6.61 Å². The number of aryl methyl sites for hydroxylation is 1. The van der Waals surface area contributed by atoms with E-state index >= 15 is 0 Å². The molecule has 0 saturated carbocycles. The first-order valence-electron chi connectivity index (χ1n) is 7.43. The Hall–Kier alpha value is -1.64. The number of nitrogens with zero attached hydrogens (tertiary/aromatic N) is 1. The highest BCUT2D eigenvalue weighted by molar-refractivity contribution is 5.86. The molecule has 0 aromatic carbocycles. The number of pyridine rings is 1. The van der Waals surface area contributed by atoms with Gasteiger partial charge in [-0.3, -0.25) is 4.98 Å². The van der Waals surface area contributed by atoms with Crippen LogP contribution in [0.1, 0.15) is 50.8 Å². The van der Waals surface area contributed by atoms with Gasteiger partial charge in [-0.15, -0.1) is 0 Å². The van der Waals surface area contributed by atoms with E-state index in [0.29, 0.717) is 12.5 Å². The lowest BCUT2D eigenvalue weighted by Crippen LogP contribution is -2.12. The Kier molecular flexibility index (Phi) is 7.63. The van der Waals surface area contributed by atoms with Gasteiger partial charge in [-0.25, -0.2) is 4.79 Å². The van der Waals surface area contributed by atoms with Crippen molar-refractivity contribution in [1.29, 1.82) is 0 Å². The van der Waals surface area contributed by atoms with Crippen molar-refractivity contribution in [1.82, 2.24) is 4.98 Å². The maximum atomic E-state index is 11.6. The van der Waals surface area contributed by atoms with E-state index in [1.807, 2.05) is 19.1 Å². The van der Waals surface area contributed by atoms with Crippen molar-refractivity contribution >= 4 is 12.0 Å². The van der Waals surface area contributed by atoms with Crippen molar-refractivity contribution in [3.05, 3.63) is 35.7 Å². The number of carbonyl (C=O) groups is 1. The summed E-state index contributed by atoms with van der Waals surface area (Å²) in [7, 11) is 0. The molecule has 0 aliphatic heterocycles. The third kappa shape index (κ3) is 6.50. The largest absolute Gasteiger partial charge is 0.462 e. The van der Waals surface area contributed by atoms with Gasteiger partial charge in [0, 0.05) is 18.0 Å². The molecule has 0 radical (unpaired) electrons. The zero-order valence-electron chi connectivity index (χ0n) is 12.8. The first-order valence-corrected chi connectivity index (χ1v) is 7.43. The number of ether oxygens (including phenoxy) is 1. The molecule has 0 aliphatic carbocycles. The number of hydrogen-bond donors (Lipinski definition) is 0. The lowest BCUT2D eigenvalue weighted by atomic mass is 10.0. The van der Waals surface area contributed by atoms with Crippen molar-refractivity contribution in [2.24, 2.45) is 5.92 Å². The third-order valence-corrected chi connectivity index (χ3v) is 3.35. The van der Waals surface area contributed by atoms with Crippen LogP contribution in [0.2, 0.25) is 0 Å². The fourth-order valence-corrected chi connectivity index (χ4v) is 1.89. The molecule has 0 spiro atoms. The van der Waals surface area contributed by atoms with Crippen molar-refractivity contribution in [3.8, 4) is 0 Å². The molecule has 0 fully saturated rings. The quantitative estimate of drug-likeness (QED) is 0.528. The highest BCUT2D eigenvalue weighted by Crippen LogP contribution is 2.13. The molecule has 110 valence electrons. The Labute approximate surface area is 122 Å². The van der Waals surface area contributed by atoms with Gasteiger partial charge < -0.3 is 4.74 Å². The molecule has 1 rings (SSSR count). The van der Waals surface area contributed by atoms with Crippen LogP contribution in [0, 0.1) is 12.8 Å². The average Bonchev–Trinajstić information content (AvgIpc) is 2.47. The van der Waals surface area contributed by atoms with Gasteiger partial charge in [-0.2, -0.15) is 0 Å². The van der Waals surface area contributed by atoms with Gasteiger partial charge in [0.1, 0.15) is 0 Å². The number of carbonyl (C=O) groups excluding carboxylic acids is 1. The smallest absolute Gasteiger partial charge is 0.330 e. The molecule has 0 amide bonds. The minimum absolute atomic E-state index is 0.277. The Morgan fingerprint density at radius 1 is 1.40 bits per heavy atom. The lowest BCUT2D eigenvalue weighted by Gasteiger charge is -2.13. The average molecular weight is 275 g/mol. The van der Waals surface area contributed by atoms with Crippen LogP contribution in [0.25, 0.3) is 6.08 Å². The molecule has 1 unspecified atom stereocenters. The molecule has 0 bridgehead atoms. The van der Waals surface area contributed by atoms with Gasteiger partial charge in [0.2, 0.25) is 0 Å². The Morgan fingerprint density at radius 2 is 2.20 bits per heavy atom. The maximum Gasteiger partial charge on any atom is 0.330 e. The molecule has 3 nitrogen and oxygen atoms in total. The summed E-state index contributed by atoms with van der Waals surface area (Å²) in [6.07, 6.45) is 9.52. The summed E-state index contributed by atoms with van der Waals surface area (Å²) in [6.45, 7) is 6.77. The van der Waals surface area contributed by atoms with Crippen LogP contribution in [-0.2, 0) is 9.53 Å². The first-order chi connectivity index (χ1) is 9.65. The second-order valence-corrected chi connectivity index (χ2v) is 5.11. The van der Waals surface area contributed by atoms with Gasteiger partial charge in [-0.1, -0.05) is 39.2 Å². The fraction of sp³-hybridized carbons (Fsp3) is 0.529.